The van der Waals surface area contributed by atoms with Gasteiger partial charge >= 0.3 is 0 Å². The predicted octanol–water partition coefficient (Wildman–Crippen LogP) is 2.88. The zero-order chi connectivity index (χ0) is 12.3. The number of rotatable bonds is 3. The zero-order valence-electron chi connectivity index (χ0n) is 11.0. The van der Waals surface area contributed by atoms with E-state index >= 15 is 0 Å². The van der Waals surface area contributed by atoms with E-state index in [0.717, 1.165) is 23.0 Å². The highest BCUT2D eigenvalue weighted by Crippen LogP contribution is 2.24. The van der Waals surface area contributed by atoms with E-state index in [0.29, 0.717) is 6.04 Å². The Bertz CT molecular complexity index is 383. The topological polar surface area (TPSA) is 49.8 Å². The third-order valence-electron chi connectivity index (χ3n) is 3.44. The van der Waals surface area contributed by atoms with Crippen LogP contribution in [0.2, 0.25) is 0 Å². The van der Waals surface area contributed by atoms with Crippen LogP contribution in [0.3, 0.4) is 0 Å². The molecule has 1 fully saturated rings. The van der Waals surface area contributed by atoms with Crippen molar-refractivity contribution in [1.82, 2.24) is 9.97 Å². The maximum Gasteiger partial charge on any atom is 0.134 e. The second-order valence-corrected chi connectivity index (χ2v) is 4.82. The number of aromatic nitrogens is 2. The fraction of sp³-hybridized carbons (Fsp3) is 0.692. The minimum absolute atomic E-state index is 0.585. The van der Waals surface area contributed by atoms with Crippen molar-refractivity contribution in [2.75, 3.05) is 17.7 Å². The molecule has 2 rings (SSSR count). The second-order valence-electron chi connectivity index (χ2n) is 4.82. The van der Waals surface area contributed by atoms with Crippen LogP contribution >= 0.6 is 0 Å². The fourth-order valence-corrected chi connectivity index (χ4v) is 2.45. The molecule has 1 saturated carbocycles. The van der Waals surface area contributed by atoms with Crippen molar-refractivity contribution >= 4 is 11.6 Å². The van der Waals surface area contributed by atoms with Crippen molar-refractivity contribution in [3.8, 4) is 0 Å². The molecule has 0 aromatic carbocycles. The molecule has 1 aliphatic rings. The van der Waals surface area contributed by atoms with Crippen LogP contribution in [0, 0.1) is 13.8 Å². The summed E-state index contributed by atoms with van der Waals surface area (Å²) in [6, 6.07) is 0.585. The lowest BCUT2D eigenvalue weighted by molar-refractivity contribution is 0.461. The normalized spacial score (nSPS) is 16.9. The van der Waals surface area contributed by atoms with Gasteiger partial charge in [0.15, 0.2) is 0 Å². The van der Waals surface area contributed by atoms with Crippen molar-refractivity contribution in [3.05, 3.63) is 11.4 Å². The van der Waals surface area contributed by atoms with Crippen LogP contribution in [0.4, 0.5) is 11.6 Å². The van der Waals surface area contributed by atoms with Gasteiger partial charge in [-0.05, 0) is 26.7 Å². The van der Waals surface area contributed by atoms with E-state index in [1.54, 1.807) is 0 Å². The van der Waals surface area contributed by atoms with Crippen molar-refractivity contribution in [2.24, 2.45) is 0 Å². The van der Waals surface area contributed by atoms with Crippen LogP contribution in [0.15, 0.2) is 0 Å². The third-order valence-corrected chi connectivity index (χ3v) is 3.44. The number of hydrogen-bond acceptors (Lipinski definition) is 4. The SMILES string of the molecule is CNc1nc(C)nc(NC2CCCCC2)c1C. The lowest BCUT2D eigenvalue weighted by atomic mass is 9.95. The Morgan fingerprint density at radius 2 is 1.65 bits per heavy atom. The van der Waals surface area contributed by atoms with Gasteiger partial charge in [-0.2, -0.15) is 0 Å². The second kappa shape index (κ2) is 5.34. The maximum atomic E-state index is 4.51. The Labute approximate surface area is 103 Å². The molecule has 0 atom stereocenters. The molecule has 0 spiro atoms. The smallest absolute Gasteiger partial charge is 0.134 e. The summed E-state index contributed by atoms with van der Waals surface area (Å²) in [4.78, 5) is 8.90. The van der Waals surface area contributed by atoms with Crippen molar-refractivity contribution in [1.29, 1.82) is 0 Å². The predicted molar refractivity (Wildman–Crippen MR) is 71.5 cm³/mol. The van der Waals surface area contributed by atoms with Gasteiger partial charge < -0.3 is 10.6 Å². The molecule has 17 heavy (non-hydrogen) atoms. The summed E-state index contributed by atoms with van der Waals surface area (Å²) in [7, 11) is 1.90. The molecule has 4 nitrogen and oxygen atoms in total. The molecule has 1 aromatic rings. The van der Waals surface area contributed by atoms with Crippen molar-refractivity contribution in [2.45, 2.75) is 52.0 Å². The van der Waals surface area contributed by atoms with Crippen LogP contribution in [0.25, 0.3) is 0 Å². The van der Waals surface area contributed by atoms with E-state index in [9.17, 15) is 0 Å². The molecule has 4 heteroatoms. The van der Waals surface area contributed by atoms with Gasteiger partial charge in [0.2, 0.25) is 0 Å². The number of nitrogens with zero attached hydrogens (tertiary/aromatic N) is 2. The van der Waals surface area contributed by atoms with Gasteiger partial charge in [-0.25, -0.2) is 9.97 Å². The Morgan fingerprint density at radius 1 is 1.00 bits per heavy atom. The van der Waals surface area contributed by atoms with Crippen LogP contribution in [-0.4, -0.2) is 23.1 Å². The Hall–Kier alpha value is -1.32. The van der Waals surface area contributed by atoms with E-state index in [-0.39, 0.29) is 0 Å². The van der Waals surface area contributed by atoms with E-state index < -0.39 is 0 Å². The lowest BCUT2D eigenvalue weighted by Gasteiger charge is -2.24. The highest BCUT2D eigenvalue weighted by Gasteiger charge is 2.16. The highest BCUT2D eigenvalue weighted by atomic mass is 15.1. The standard InChI is InChI=1S/C13H22N4/c1-9-12(14-3)15-10(2)16-13(9)17-11-7-5-4-6-8-11/h11H,4-8H2,1-3H3,(H2,14,15,16,17). The van der Waals surface area contributed by atoms with E-state index in [1.807, 2.05) is 14.0 Å². The summed E-state index contributed by atoms with van der Waals surface area (Å²) < 4.78 is 0. The Kier molecular flexibility index (Phi) is 3.82. The van der Waals surface area contributed by atoms with Gasteiger partial charge in [-0.1, -0.05) is 19.3 Å². The van der Waals surface area contributed by atoms with Crippen molar-refractivity contribution < 1.29 is 0 Å². The molecule has 0 unspecified atom stereocenters. The summed E-state index contributed by atoms with van der Waals surface area (Å²) in [6.45, 7) is 4.00. The van der Waals surface area contributed by atoms with Crippen LogP contribution < -0.4 is 10.6 Å². The molecule has 2 N–H and O–H groups in total. The van der Waals surface area contributed by atoms with Gasteiger partial charge in [0, 0.05) is 18.7 Å². The first kappa shape index (κ1) is 12.1. The minimum atomic E-state index is 0.585. The highest BCUT2D eigenvalue weighted by molar-refractivity contribution is 5.57. The number of anilines is 2. The van der Waals surface area contributed by atoms with Gasteiger partial charge in [0.1, 0.15) is 17.5 Å². The Balaban J connectivity index is 2.16. The third kappa shape index (κ3) is 2.87. The van der Waals surface area contributed by atoms with Crippen LogP contribution in [0.5, 0.6) is 0 Å². The van der Waals surface area contributed by atoms with Crippen LogP contribution in [0.1, 0.15) is 43.5 Å². The van der Waals surface area contributed by atoms with Gasteiger partial charge in [0.25, 0.3) is 0 Å². The minimum Gasteiger partial charge on any atom is -0.373 e. The summed E-state index contributed by atoms with van der Waals surface area (Å²) in [5.74, 6) is 2.74. The molecular weight excluding hydrogens is 212 g/mol. The molecule has 0 aliphatic heterocycles. The molecule has 1 aromatic heterocycles. The van der Waals surface area contributed by atoms with Gasteiger partial charge in [-0.3, -0.25) is 0 Å². The van der Waals surface area contributed by atoms with E-state index in [4.69, 9.17) is 0 Å². The van der Waals surface area contributed by atoms with Gasteiger partial charge in [-0.15, -0.1) is 0 Å². The van der Waals surface area contributed by atoms with Crippen molar-refractivity contribution in [3.63, 3.8) is 0 Å². The summed E-state index contributed by atoms with van der Waals surface area (Å²) in [5, 5.41) is 6.70. The quantitative estimate of drug-likeness (QED) is 0.844. The largest absolute Gasteiger partial charge is 0.373 e. The molecular formula is C13H22N4. The number of nitrogens with one attached hydrogen (secondary N) is 2. The number of hydrogen-bond donors (Lipinski definition) is 2. The van der Waals surface area contributed by atoms with E-state index in [1.165, 1.54) is 32.1 Å². The van der Waals surface area contributed by atoms with Gasteiger partial charge in [0.05, 0.1) is 0 Å². The summed E-state index contributed by atoms with van der Waals surface area (Å²) in [5.41, 5.74) is 1.11. The Morgan fingerprint density at radius 3 is 2.29 bits per heavy atom. The molecule has 94 valence electrons. The first-order chi connectivity index (χ1) is 8.20. The molecule has 0 saturated heterocycles. The summed E-state index contributed by atoms with van der Waals surface area (Å²) in [6.07, 6.45) is 6.57. The first-order valence-corrected chi connectivity index (χ1v) is 6.50. The molecule has 0 amide bonds. The lowest BCUT2D eigenvalue weighted by Crippen LogP contribution is -2.24. The monoisotopic (exact) mass is 234 g/mol. The first-order valence-electron chi connectivity index (χ1n) is 6.50. The fourth-order valence-electron chi connectivity index (χ4n) is 2.45. The average Bonchev–Trinajstić information content (AvgIpc) is 2.34. The van der Waals surface area contributed by atoms with E-state index in [2.05, 4.69) is 27.5 Å². The number of aryl methyl sites for hydroxylation is 1. The molecule has 1 aliphatic carbocycles. The summed E-state index contributed by atoms with van der Waals surface area (Å²) >= 11 is 0. The molecule has 0 radical (unpaired) electrons. The average molecular weight is 234 g/mol. The molecule has 1 heterocycles. The zero-order valence-corrected chi connectivity index (χ0v) is 11.0. The maximum absolute atomic E-state index is 4.51. The molecule has 0 bridgehead atoms. The van der Waals surface area contributed by atoms with Crippen LogP contribution in [-0.2, 0) is 0 Å².